The van der Waals surface area contributed by atoms with Gasteiger partial charge in [-0.25, -0.2) is 0 Å². The largest absolute Gasteiger partial charge is 0.465 e. The van der Waals surface area contributed by atoms with Crippen LogP contribution in [0.5, 0.6) is 0 Å². The van der Waals surface area contributed by atoms with Crippen LogP contribution in [0, 0.1) is 39.9 Å². The molecule has 0 aromatic heterocycles. The van der Waals surface area contributed by atoms with E-state index in [0.717, 1.165) is 48.8 Å². The molecular weight excluding hydrogens is 310 g/mol. The third-order valence-electron chi connectivity index (χ3n) is 11.0. The molecule has 3 unspecified atom stereocenters. The minimum Gasteiger partial charge on any atom is -0.465 e. The van der Waals surface area contributed by atoms with Crippen molar-refractivity contribution in [3.05, 3.63) is 0 Å². The van der Waals surface area contributed by atoms with Gasteiger partial charge in [0.1, 0.15) is 0 Å². The van der Waals surface area contributed by atoms with Crippen LogP contribution in [0.15, 0.2) is 0 Å². The molecule has 6 bridgehead atoms. The number of hydrogen-bond donors (Lipinski definition) is 0. The predicted molar refractivity (Wildman–Crippen MR) is 93.7 cm³/mol. The first-order valence-corrected chi connectivity index (χ1v) is 11.1. The zero-order valence-electron chi connectivity index (χ0n) is 15.5. The smallest absolute Gasteiger partial charge is 0.305 e. The summed E-state index contributed by atoms with van der Waals surface area (Å²) in [6.07, 6.45) is 11.9. The Morgan fingerprint density at radius 3 is 2.92 bits per heavy atom. The van der Waals surface area contributed by atoms with Gasteiger partial charge >= 0.3 is 5.97 Å². The molecule has 9 atom stereocenters. The van der Waals surface area contributed by atoms with Crippen LogP contribution in [0.1, 0.15) is 64.7 Å². The average Bonchev–Trinajstić information content (AvgIpc) is 3.26. The van der Waals surface area contributed by atoms with E-state index in [1.807, 2.05) is 0 Å². The highest BCUT2D eigenvalue weighted by Gasteiger charge is 2.84. The second-order valence-corrected chi connectivity index (χ2v) is 10.9. The summed E-state index contributed by atoms with van der Waals surface area (Å²) < 4.78 is 5.95. The fourth-order valence-electron chi connectivity index (χ4n) is 10.8. The van der Waals surface area contributed by atoms with Gasteiger partial charge in [-0.2, -0.15) is 0 Å². The first-order chi connectivity index (χ1) is 12.1. The zero-order chi connectivity index (χ0) is 16.6. The summed E-state index contributed by atoms with van der Waals surface area (Å²) in [5.74, 6) is 3.56. The summed E-state index contributed by atoms with van der Waals surface area (Å²) in [7, 11) is 0. The van der Waals surface area contributed by atoms with E-state index in [9.17, 15) is 4.79 Å². The average molecular weight is 341 g/mol. The third-order valence-corrected chi connectivity index (χ3v) is 11.0. The third kappa shape index (κ3) is 1.23. The van der Waals surface area contributed by atoms with Crippen LogP contribution in [-0.2, 0) is 9.53 Å². The van der Waals surface area contributed by atoms with Gasteiger partial charge < -0.3 is 4.74 Å². The van der Waals surface area contributed by atoms with E-state index >= 15 is 0 Å². The molecule has 8 rings (SSSR count). The van der Waals surface area contributed by atoms with Crippen molar-refractivity contribution in [2.24, 2.45) is 39.9 Å². The molecule has 2 spiro atoms. The number of cyclic esters (lactones) is 1. The van der Waals surface area contributed by atoms with Crippen molar-refractivity contribution in [1.29, 1.82) is 0 Å². The van der Waals surface area contributed by atoms with Crippen LogP contribution >= 0.6 is 0 Å². The number of esters is 1. The summed E-state index contributed by atoms with van der Waals surface area (Å²) in [6.45, 7) is 4.64. The van der Waals surface area contributed by atoms with Gasteiger partial charge in [-0.05, 0) is 79.4 Å². The Kier molecular flexibility index (Phi) is 2.39. The van der Waals surface area contributed by atoms with Crippen molar-refractivity contribution < 1.29 is 9.53 Å². The lowest BCUT2D eigenvalue weighted by Gasteiger charge is -2.76. The van der Waals surface area contributed by atoms with Crippen LogP contribution in [0.2, 0.25) is 0 Å². The molecule has 4 aliphatic heterocycles. The van der Waals surface area contributed by atoms with Crippen molar-refractivity contribution in [3.63, 3.8) is 0 Å². The number of hydrogen-bond acceptors (Lipinski definition) is 3. The van der Waals surface area contributed by atoms with E-state index in [1.54, 1.807) is 0 Å². The number of carbonyl (C=O) groups excluding carboxylic acids is 1. The zero-order valence-corrected chi connectivity index (χ0v) is 15.5. The van der Waals surface area contributed by atoms with Crippen LogP contribution < -0.4 is 0 Å². The molecule has 0 aromatic carbocycles. The highest BCUT2D eigenvalue weighted by atomic mass is 16.5. The lowest BCUT2D eigenvalue weighted by molar-refractivity contribution is -0.292. The van der Waals surface area contributed by atoms with E-state index in [2.05, 4.69) is 11.8 Å². The molecule has 0 N–H and O–H groups in total. The monoisotopic (exact) mass is 341 g/mol. The SMILES string of the molecule is C[C@@H]1CN2[C@H]3[C@@H]1CCC14COC(=O)CC[C@]31[C@@H]1CCCC13CCC4[C@@H]23. The van der Waals surface area contributed by atoms with Gasteiger partial charge in [-0.3, -0.25) is 9.69 Å². The van der Waals surface area contributed by atoms with Crippen molar-refractivity contribution in [2.45, 2.75) is 76.8 Å². The van der Waals surface area contributed by atoms with Gasteiger partial charge in [-0.15, -0.1) is 0 Å². The molecule has 4 heterocycles. The highest BCUT2D eigenvalue weighted by molar-refractivity contribution is 5.70. The summed E-state index contributed by atoms with van der Waals surface area (Å²) in [5, 5.41) is 0. The Morgan fingerprint density at radius 1 is 1.08 bits per heavy atom. The number of rotatable bonds is 0. The summed E-state index contributed by atoms with van der Waals surface area (Å²) in [6, 6.07) is 1.61. The van der Waals surface area contributed by atoms with Gasteiger partial charge in [0, 0.05) is 30.5 Å². The Bertz CT molecular complexity index is 677. The van der Waals surface area contributed by atoms with Crippen LogP contribution in [-0.4, -0.2) is 36.1 Å². The quantitative estimate of drug-likeness (QED) is 0.630. The Balaban J connectivity index is 1.54. The molecule has 4 saturated carbocycles. The summed E-state index contributed by atoms with van der Waals surface area (Å²) >= 11 is 0. The maximum atomic E-state index is 12.4. The molecule has 8 fully saturated rings. The number of carbonyl (C=O) groups is 1. The second-order valence-electron chi connectivity index (χ2n) is 10.9. The van der Waals surface area contributed by atoms with E-state index in [1.165, 1.54) is 51.5 Å². The Hall–Kier alpha value is -0.570. The van der Waals surface area contributed by atoms with Crippen LogP contribution in [0.4, 0.5) is 0 Å². The maximum absolute atomic E-state index is 12.4. The molecule has 0 amide bonds. The standard InChI is InChI=1S/C22H31NO2/c1-13-11-23-18-14(13)4-9-21-12-25-17(24)6-10-22(18,21)16-3-2-7-20(16)8-5-15(21)19(20)23/h13-16,18-19H,2-12H2,1H3/t13-,14-,15?,16-,18+,19-,20?,21?,22+/m1/s1. The molecule has 0 aromatic rings. The van der Waals surface area contributed by atoms with Gasteiger partial charge in [0.2, 0.25) is 0 Å². The van der Waals surface area contributed by atoms with E-state index in [0.29, 0.717) is 22.7 Å². The van der Waals surface area contributed by atoms with Crippen molar-refractivity contribution in [3.8, 4) is 0 Å². The fraction of sp³-hybridized carbons (Fsp3) is 0.955. The molecule has 3 heteroatoms. The number of ether oxygens (including phenoxy) is 1. The Labute approximate surface area is 150 Å². The molecule has 8 aliphatic rings. The molecule has 4 aliphatic carbocycles. The lowest BCUT2D eigenvalue weighted by atomic mass is 9.34. The van der Waals surface area contributed by atoms with Gasteiger partial charge in [0.15, 0.2) is 0 Å². The minimum atomic E-state index is 0.102. The molecule has 136 valence electrons. The van der Waals surface area contributed by atoms with Crippen molar-refractivity contribution >= 4 is 5.97 Å². The van der Waals surface area contributed by atoms with E-state index < -0.39 is 0 Å². The van der Waals surface area contributed by atoms with E-state index in [-0.39, 0.29) is 5.97 Å². The van der Waals surface area contributed by atoms with E-state index in [4.69, 9.17) is 4.74 Å². The minimum absolute atomic E-state index is 0.102. The number of nitrogens with zero attached hydrogens (tertiary/aromatic N) is 1. The topological polar surface area (TPSA) is 29.5 Å². The van der Waals surface area contributed by atoms with Crippen molar-refractivity contribution in [2.75, 3.05) is 13.2 Å². The first kappa shape index (κ1) is 14.5. The first-order valence-electron chi connectivity index (χ1n) is 11.1. The molecule has 0 radical (unpaired) electrons. The predicted octanol–water partition coefficient (Wildman–Crippen LogP) is 3.62. The summed E-state index contributed by atoms with van der Waals surface area (Å²) in [5.41, 5.74) is 1.35. The van der Waals surface area contributed by atoms with Crippen molar-refractivity contribution in [1.82, 2.24) is 4.90 Å². The van der Waals surface area contributed by atoms with Gasteiger partial charge in [0.25, 0.3) is 0 Å². The Morgan fingerprint density at radius 2 is 2.00 bits per heavy atom. The summed E-state index contributed by atoms with van der Waals surface area (Å²) in [4.78, 5) is 15.4. The molecule has 25 heavy (non-hydrogen) atoms. The maximum Gasteiger partial charge on any atom is 0.305 e. The normalized spacial score (nSPS) is 64.0. The second kappa shape index (κ2) is 4.13. The fourth-order valence-corrected chi connectivity index (χ4v) is 10.8. The molecule has 3 nitrogen and oxygen atoms in total. The van der Waals surface area contributed by atoms with Crippen LogP contribution in [0.3, 0.4) is 0 Å². The van der Waals surface area contributed by atoms with Crippen LogP contribution in [0.25, 0.3) is 0 Å². The lowest BCUT2D eigenvalue weighted by Crippen LogP contribution is -2.80. The number of piperidine rings is 2. The molecular formula is C22H31NO2. The van der Waals surface area contributed by atoms with Gasteiger partial charge in [-0.1, -0.05) is 13.3 Å². The van der Waals surface area contributed by atoms with Gasteiger partial charge in [0.05, 0.1) is 6.61 Å². The molecule has 4 saturated heterocycles. The highest BCUT2D eigenvalue weighted by Crippen LogP contribution is 2.84.